The molecule has 0 aromatic carbocycles. The maximum absolute atomic E-state index is 14.4. The van der Waals surface area contributed by atoms with Crippen molar-refractivity contribution in [2.45, 2.75) is 138 Å². The van der Waals surface area contributed by atoms with Crippen molar-refractivity contribution in [2.24, 2.45) is 0 Å². The highest BCUT2D eigenvalue weighted by Gasteiger charge is 2.45. The van der Waals surface area contributed by atoms with E-state index in [1.165, 1.54) is 0 Å². The number of carbonyl (C=O) groups excluding carboxylic acids is 2. The van der Waals surface area contributed by atoms with E-state index in [2.05, 4.69) is 36.1 Å². The molecule has 7 heterocycles. The number of piperidine rings is 4. The Balaban J connectivity index is 0.797. The zero-order chi connectivity index (χ0) is 43.9. The van der Waals surface area contributed by atoms with Crippen LogP contribution >= 0.6 is 0 Å². The molecule has 21 heteroatoms. The average molecular weight is 919 g/mol. The highest BCUT2D eigenvalue weighted by Crippen LogP contribution is 2.41. The Morgan fingerprint density at radius 2 is 1.27 bits per heavy atom. The van der Waals surface area contributed by atoms with E-state index in [0.717, 1.165) is 63.4 Å². The van der Waals surface area contributed by atoms with Gasteiger partial charge in [0, 0.05) is 126 Å². The van der Waals surface area contributed by atoms with Crippen molar-refractivity contribution in [3.8, 4) is 0 Å². The molecule has 2 aliphatic carbocycles. The minimum Gasteiger partial charge on any atom is -0.379 e. The lowest BCUT2D eigenvalue weighted by Crippen LogP contribution is -2.61. The van der Waals surface area contributed by atoms with Crippen LogP contribution in [0.5, 0.6) is 0 Å². The number of sulfonamides is 1. The number of carbonyl (C=O) groups is 2. The van der Waals surface area contributed by atoms with Gasteiger partial charge < -0.3 is 29.7 Å². The molecule has 7 aliphatic rings. The maximum Gasteiger partial charge on any atom is 0.282 e. The third kappa shape index (κ3) is 10.4. The monoisotopic (exact) mass is 918 g/mol. The fourth-order valence-electron chi connectivity index (χ4n) is 10.6. The number of hydrogen-bond donors (Lipinski definition) is 3. The van der Waals surface area contributed by atoms with Crippen molar-refractivity contribution in [2.75, 3.05) is 78.7 Å². The first kappa shape index (κ1) is 45.1. The summed E-state index contributed by atoms with van der Waals surface area (Å²) in [6.07, 6.45) is 8.00. The predicted octanol–water partition coefficient (Wildman–Crippen LogP) is 1.69. The Bertz CT molecular complexity index is 2130. The first-order valence-electron chi connectivity index (χ1n) is 23.4. The second-order valence-corrected chi connectivity index (χ2v) is 23.2. The van der Waals surface area contributed by atoms with Gasteiger partial charge in [-0.1, -0.05) is 10.3 Å². The minimum absolute atomic E-state index is 0.0466. The molecule has 19 nitrogen and oxygen atoms in total. The molecule has 2 unspecified atom stereocenters. The van der Waals surface area contributed by atoms with Crippen LogP contribution in [0.3, 0.4) is 0 Å². The third-order valence-corrected chi connectivity index (χ3v) is 19.1. The van der Waals surface area contributed by atoms with Crippen LogP contribution in [0.25, 0.3) is 0 Å². The summed E-state index contributed by atoms with van der Waals surface area (Å²) in [6.45, 7) is 10.9. The smallest absolute Gasteiger partial charge is 0.282 e. The van der Waals surface area contributed by atoms with Crippen molar-refractivity contribution in [1.82, 2.24) is 49.0 Å². The van der Waals surface area contributed by atoms with Gasteiger partial charge in [-0.25, -0.2) is 8.42 Å². The van der Waals surface area contributed by atoms with Crippen LogP contribution in [0.2, 0.25) is 0 Å². The van der Waals surface area contributed by atoms with Crippen molar-refractivity contribution in [1.29, 1.82) is 0 Å². The fourth-order valence-corrected chi connectivity index (χ4v) is 14.5. The van der Waals surface area contributed by atoms with Gasteiger partial charge in [-0.2, -0.15) is 21.3 Å². The number of nitrogens with zero attached hydrogens (tertiary/aromatic N) is 7. The van der Waals surface area contributed by atoms with Crippen molar-refractivity contribution in [3.63, 3.8) is 0 Å². The maximum atomic E-state index is 14.4. The van der Waals surface area contributed by atoms with E-state index in [-0.39, 0.29) is 59.5 Å². The molecule has 0 bridgehead atoms. The molecule has 2 amide bonds. The summed E-state index contributed by atoms with van der Waals surface area (Å²) in [5, 5.41) is 16.9. The molecule has 5 aliphatic heterocycles. The number of hydrogen-bond acceptors (Lipinski definition) is 14. The van der Waals surface area contributed by atoms with E-state index in [1.54, 1.807) is 25.0 Å². The van der Waals surface area contributed by atoms with E-state index >= 15 is 0 Å². The highest BCUT2D eigenvalue weighted by atomic mass is 32.2. The van der Waals surface area contributed by atoms with Crippen LogP contribution < -0.4 is 16.0 Å². The second-order valence-electron chi connectivity index (χ2n) is 19.1. The summed E-state index contributed by atoms with van der Waals surface area (Å²) in [7, 11) is -7.44. The molecule has 5 saturated heterocycles. The predicted molar refractivity (Wildman–Crippen MR) is 232 cm³/mol. The second kappa shape index (κ2) is 19.1. The normalized spacial score (nSPS) is 30.4. The molecule has 3 N–H and O–H groups in total. The minimum atomic E-state index is -3.75. The SMILES string of the molecule is CC1C[C@@H](NC(=O)c2cc(C3CC3)on2)CCN1S(=O)(=O)[C@H]1CNCC(N(CCN2CCOCC2)C2CCN(S(=O)(=O)N3CC[C@H](NC(=O)c4cc(C5CC5)on4)C[C@@H]3C)CC2)C1. The standard InChI is InChI=1S/C42H66N10O9S2/c1-28-21-32(44-41(53)37-24-39(60-46-37)30-3-4-30)7-13-51(28)62(55,56)36-23-35(26-43-27-36)50(16-15-48-17-19-59-20-18-48)34-9-11-49(12-10-34)63(57,58)52-14-8-33(22-29(52)2)45-42(54)38-25-40(61-47-38)31-5-6-31/h24-25,28-36,43H,3-23,26-27H2,1-2H3,(H,44,53)(H,45,54)/t28?,29-,32-,33-,35?,36+/m0/s1. The molecule has 0 spiro atoms. The van der Waals surface area contributed by atoms with Crippen LogP contribution in [0.15, 0.2) is 21.2 Å². The summed E-state index contributed by atoms with van der Waals surface area (Å²) in [5.41, 5.74) is 0.535. The van der Waals surface area contributed by atoms with E-state index < -0.39 is 25.5 Å². The Hall–Kier alpha value is -3.02. The molecule has 350 valence electrons. The Kier molecular flexibility index (Phi) is 13.7. The molecule has 2 aromatic heterocycles. The Morgan fingerprint density at radius 3 is 1.81 bits per heavy atom. The molecule has 7 fully saturated rings. The van der Waals surface area contributed by atoms with Crippen molar-refractivity contribution in [3.05, 3.63) is 35.0 Å². The van der Waals surface area contributed by atoms with Gasteiger partial charge >= 0.3 is 0 Å². The van der Waals surface area contributed by atoms with Crippen LogP contribution in [0.1, 0.15) is 129 Å². The van der Waals surface area contributed by atoms with Gasteiger partial charge in [0.15, 0.2) is 11.4 Å². The molecular weight excluding hydrogens is 853 g/mol. The van der Waals surface area contributed by atoms with Gasteiger partial charge in [0.1, 0.15) is 11.5 Å². The van der Waals surface area contributed by atoms with Crippen molar-refractivity contribution >= 4 is 32.0 Å². The third-order valence-electron chi connectivity index (χ3n) is 14.6. The topological polar surface area (TPSA) is 216 Å². The Labute approximate surface area is 371 Å². The first-order chi connectivity index (χ1) is 30.3. The summed E-state index contributed by atoms with van der Waals surface area (Å²) in [6, 6.07) is 2.56. The zero-order valence-corrected chi connectivity index (χ0v) is 38.4. The summed E-state index contributed by atoms with van der Waals surface area (Å²) in [4.78, 5) is 30.8. The van der Waals surface area contributed by atoms with Gasteiger partial charge in [-0.05, 0) is 84.5 Å². The number of nitrogens with one attached hydrogen (secondary N) is 3. The van der Waals surface area contributed by atoms with Gasteiger partial charge in [-0.3, -0.25) is 19.4 Å². The van der Waals surface area contributed by atoms with E-state index in [1.807, 2.05) is 13.8 Å². The number of rotatable bonds is 15. The van der Waals surface area contributed by atoms with Crippen LogP contribution in [-0.2, 0) is 25.0 Å². The highest BCUT2D eigenvalue weighted by molar-refractivity contribution is 7.89. The van der Waals surface area contributed by atoms with E-state index in [4.69, 9.17) is 13.8 Å². The molecule has 9 rings (SSSR count). The van der Waals surface area contributed by atoms with Crippen molar-refractivity contribution < 1.29 is 40.2 Å². The number of amides is 2. The van der Waals surface area contributed by atoms with E-state index in [9.17, 15) is 26.4 Å². The largest absolute Gasteiger partial charge is 0.379 e. The molecule has 0 radical (unpaired) electrons. The van der Waals surface area contributed by atoms with Gasteiger partial charge in [0.25, 0.3) is 22.0 Å². The number of aromatic nitrogens is 2. The Morgan fingerprint density at radius 1 is 0.714 bits per heavy atom. The van der Waals surface area contributed by atoms with Gasteiger partial charge in [0.2, 0.25) is 10.0 Å². The molecule has 63 heavy (non-hydrogen) atoms. The van der Waals surface area contributed by atoms with Gasteiger partial charge in [-0.15, -0.1) is 0 Å². The fraction of sp³-hybridized carbons (Fsp3) is 0.810. The molecule has 2 aromatic rings. The molecule has 2 saturated carbocycles. The lowest BCUT2D eigenvalue weighted by atomic mass is 9.98. The molecular formula is C42H66N10O9S2. The zero-order valence-electron chi connectivity index (χ0n) is 36.7. The summed E-state index contributed by atoms with van der Waals surface area (Å²) in [5.74, 6) is 1.63. The molecule has 6 atom stereocenters. The number of morpholine rings is 1. The van der Waals surface area contributed by atoms with Crippen LogP contribution in [0.4, 0.5) is 0 Å². The van der Waals surface area contributed by atoms with Crippen LogP contribution in [-0.4, -0.2) is 182 Å². The summed E-state index contributed by atoms with van der Waals surface area (Å²) < 4.78 is 78.5. The average Bonchev–Trinajstić information content (AvgIpc) is 4.21. The first-order valence-corrected chi connectivity index (χ1v) is 26.3. The lowest BCUT2D eigenvalue weighted by Gasteiger charge is -2.47. The van der Waals surface area contributed by atoms with Crippen LogP contribution in [0, 0.1) is 0 Å². The lowest BCUT2D eigenvalue weighted by molar-refractivity contribution is 0.0194. The van der Waals surface area contributed by atoms with E-state index in [0.29, 0.717) is 109 Å². The quantitative estimate of drug-likeness (QED) is 0.232. The number of ether oxygens (including phenoxy) is 1. The van der Waals surface area contributed by atoms with Gasteiger partial charge in [0.05, 0.1) is 18.5 Å². The summed E-state index contributed by atoms with van der Waals surface area (Å²) >= 11 is 0.